The Morgan fingerprint density at radius 2 is 1.38 bits per heavy atom. The number of nitrogens with zero attached hydrogens (tertiary/aromatic N) is 2. The van der Waals surface area contributed by atoms with Crippen LogP contribution in [0.5, 0.6) is 0 Å². The lowest BCUT2D eigenvalue weighted by atomic mass is 9.97. The fourth-order valence-corrected chi connectivity index (χ4v) is 5.79. The van der Waals surface area contributed by atoms with Gasteiger partial charge in [-0.3, -0.25) is 0 Å². The van der Waals surface area contributed by atoms with Crippen LogP contribution in [0.3, 0.4) is 0 Å². The quantitative estimate of drug-likeness (QED) is 0.191. The molecule has 1 aliphatic heterocycles. The second kappa shape index (κ2) is 8.33. The summed E-state index contributed by atoms with van der Waals surface area (Å²) in [5.74, 6) is 0. The molecule has 0 atom stereocenters. The molecule has 6 rings (SSSR count). The minimum Gasteiger partial charge on any atom is -0.309 e. The zero-order valence-electron chi connectivity index (χ0n) is 18.9. The van der Waals surface area contributed by atoms with E-state index in [1.54, 1.807) is 0 Å². The molecule has 0 N–H and O–H groups in total. The number of halogens is 1. The number of benzene rings is 3. The Balaban J connectivity index is 1.84. The molecule has 2 bridgehead atoms. The zero-order valence-corrected chi connectivity index (χ0v) is 21.0. The molecule has 1 aliphatic rings. The van der Waals surface area contributed by atoms with Crippen molar-refractivity contribution in [3.63, 3.8) is 0 Å². The van der Waals surface area contributed by atoms with E-state index in [1.165, 1.54) is 21.9 Å². The Hall–Kier alpha value is -3.57. The molecule has 0 aliphatic carbocycles. The second-order valence-electron chi connectivity index (χ2n) is 8.42. The van der Waals surface area contributed by atoms with Crippen LogP contribution in [0, 0.1) is 3.70 Å². The van der Waals surface area contributed by atoms with Gasteiger partial charge in [0.25, 0.3) is 0 Å². The van der Waals surface area contributed by atoms with Gasteiger partial charge in [0.2, 0.25) is 0 Å². The van der Waals surface area contributed by atoms with Gasteiger partial charge < -0.3 is 9.13 Å². The first-order valence-corrected chi connectivity index (χ1v) is 12.5. The van der Waals surface area contributed by atoms with Crippen molar-refractivity contribution >= 4 is 56.0 Å². The first kappa shape index (κ1) is 21.0. The number of rotatable bonds is 2. The van der Waals surface area contributed by atoms with E-state index < -0.39 is 0 Å². The van der Waals surface area contributed by atoms with Gasteiger partial charge in [-0.25, -0.2) is 0 Å². The SMILES string of the molecule is C=C1c2cccc3c2cc(cccc(I)n3-c2ccccc2)-n2c1c(/C=C\C)c1ccccc12. The van der Waals surface area contributed by atoms with Gasteiger partial charge in [-0.2, -0.15) is 0 Å². The Bertz CT molecular complexity index is 1680. The van der Waals surface area contributed by atoms with Crippen LogP contribution in [0.25, 0.3) is 44.8 Å². The van der Waals surface area contributed by atoms with Crippen molar-refractivity contribution < 1.29 is 0 Å². The van der Waals surface area contributed by atoms with Gasteiger partial charge in [-0.05, 0) is 83.1 Å². The van der Waals surface area contributed by atoms with Crippen LogP contribution in [0.15, 0.2) is 110 Å². The lowest BCUT2D eigenvalue weighted by Gasteiger charge is -2.14. The summed E-state index contributed by atoms with van der Waals surface area (Å²) in [5, 5.41) is 2.42. The van der Waals surface area contributed by atoms with Gasteiger partial charge in [-0.1, -0.05) is 73.3 Å². The van der Waals surface area contributed by atoms with E-state index in [2.05, 4.69) is 154 Å². The fourth-order valence-electron chi connectivity index (χ4n) is 5.05. The maximum absolute atomic E-state index is 4.65. The van der Waals surface area contributed by atoms with Crippen molar-refractivity contribution in [2.24, 2.45) is 0 Å². The molecular weight excluding hydrogens is 527 g/mol. The van der Waals surface area contributed by atoms with E-state index in [9.17, 15) is 0 Å². The van der Waals surface area contributed by atoms with Gasteiger partial charge in [0.05, 0.1) is 20.4 Å². The Kier molecular flexibility index (Phi) is 5.15. The van der Waals surface area contributed by atoms with Gasteiger partial charge in [0.15, 0.2) is 0 Å². The molecule has 5 aromatic rings. The highest BCUT2D eigenvalue weighted by Gasteiger charge is 2.23. The number of aromatic nitrogens is 2. The maximum Gasteiger partial charge on any atom is 0.0848 e. The molecule has 0 fully saturated rings. The van der Waals surface area contributed by atoms with Gasteiger partial charge in [0.1, 0.15) is 0 Å². The molecule has 164 valence electrons. The number of hydrogen-bond donors (Lipinski definition) is 0. The molecule has 34 heavy (non-hydrogen) atoms. The molecule has 0 spiro atoms. The molecule has 3 heteroatoms. The lowest BCUT2D eigenvalue weighted by Crippen LogP contribution is -2.01. The monoisotopic (exact) mass is 550 g/mol. The van der Waals surface area contributed by atoms with E-state index >= 15 is 0 Å². The van der Waals surface area contributed by atoms with E-state index in [4.69, 9.17) is 0 Å². The summed E-state index contributed by atoms with van der Waals surface area (Å²) in [6, 6.07) is 34.6. The molecule has 0 radical (unpaired) electrons. The summed E-state index contributed by atoms with van der Waals surface area (Å²) in [7, 11) is 0. The van der Waals surface area contributed by atoms with Crippen LogP contribution < -0.4 is 0 Å². The number of para-hydroxylation sites is 2. The fraction of sp³-hybridized carbons (Fsp3) is 0.0323. The molecule has 0 amide bonds. The predicted molar refractivity (Wildman–Crippen MR) is 153 cm³/mol. The Morgan fingerprint density at radius 3 is 2.21 bits per heavy atom. The second-order valence-corrected chi connectivity index (χ2v) is 9.53. The topological polar surface area (TPSA) is 9.86 Å². The van der Waals surface area contributed by atoms with E-state index in [-0.39, 0.29) is 0 Å². The summed E-state index contributed by atoms with van der Waals surface area (Å²) in [5.41, 5.74) is 9.15. The molecule has 3 heterocycles. The predicted octanol–water partition coefficient (Wildman–Crippen LogP) is 8.71. The Labute approximate surface area is 212 Å². The van der Waals surface area contributed by atoms with Crippen LogP contribution in [0.4, 0.5) is 0 Å². The van der Waals surface area contributed by atoms with Crippen molar-refractivity contribution in [2.45, 2.75) is 6.92 Å². The molecule has 2 aromatic heterocycles. The minimum absolute atomic E-state index is 1.04. The summed E-state index contributed by atoms with van der Waals surface area (Å²) < 4.78 is 5.82. The van der Waals surface area contributed by atoms with Gasteiger partial charge in [-0.15, -0.1) is 0 Å². The maximum atomic E-state index is 4.65. The van der Waals surface area contributed by atoms with E-state index in [0.717, 1.165) is 37.4 Å². The van der Waals surface area contributed by atoms with Gasteiger partial charge >= 0.3 is 0 Å². The molecule has 0 saturated carbocycles. The summed E-state index contributed by atoms with van der Waals surface area (Å²) in [4.78, 5) is 0. The molecule has 0 saturated heterocycles. The van der Waals surface area contributed by atoms with E-state index in [1.807, 2.05) is 0 Å². The first-order chi connectivity index (χ1) is 16.7. The van der Waals surface area contributed by atoms with Crippen molar-refractivity contribution in [1.82, 2.24) is 9.13 Å². The normalized spacial score (nSPS) is 12.4. The highest BCUT2D eigenvalue weighted by Crippen LogP contribution is 2.41. The van der Waals surface area contributed by atoms with Crippen LogP contribution >= 0.6 is 22.6 Å². The van der Waals surface area contributed by atoms with Crippen molar-refractivity contribution in [3.8, 4) is 11.4 Å². The molecule has 0 unspecified atom stereocenters. The third kappa shape index (κ3) is 3.15. The van der Waals surface area contributed by atoms with E-state index in [0.29, 0.717) is 0 Å². The van der Waals surface area contributed by atoms with Crippen LogP contribution in [-0.2, 0) is 0 Å². The van der Waals surface area contributed by atoms with Crippen LogP contribution in [0.2, 0.25) is 0 Å². The average Bonchev–Trinajstić information content (AvgIpc) is 3.15. The molecule has 3 aromatic carbocycles. The third-order valence-electron chi connectivity index (χ3n) is 6.46. The van der Waals surface area contributed by atoms with Gasteiger partial charge in [0, 0.05) is 27.7 Å². The minimum atomic E-state index is 1.04. The van der Waals surface area contributed by atoms with Crippen molar-refractivity contribution in [3.05, 3.63) is 130 Å². The average molecular weight is 550 g/mol. The third-order valence-corrected chi connectivity index (χ3v) is 7.30. The highest BCUT2D eigenvalue weighted by atomic mass is 127. The summed E-state index contributed by atoms with van der Waals surface area (Å²) in [6.07, 6.45) is 4.32. The zero-order chi connectivity index (χ0) is 23.2. The largest absolute Gasteiger partial charge is 0.309 e. The highest BCUT2D eigenvalue weighted by molar-refractivity contribution is 14.1. The molecular formula is C31H23IN2. The number of hydrogen-bond acceptors (Lipinski definition) is 0. The first-order valence-electron chi connectivity index (χ1n) is 11.4. The molecule has 2 nitrogen and oxygen atoms in total. The van der Waals surface area contributed by atoms with Crippen molar-refractivity contribution in [1.29, 1.82) is 0 Å². The van der Waals surface area contributed by atoms with Crippen molar-refractivity contribution in [2.75, 3.05) is 0 Å². The standard InChI is InChI=1S/C31H23IN2/c1-3-11-26-25-15-7-8-17-28(25)34-23-14-9-19-30(32)33(22-12-5-4-6-13-22)29-18-10-16-24(27(29)20-23)21(2)31(26)34/h3-20H,2H2,1H3/b11-3-,14-9?,30-19?. The van der Waals surface area contributed by atoms with Crippen LogP contribution in [0.1, 0.15) is 23.7 Å². The number of allylic oxidation sites excluding steroid dienone is 1. The number of fused-ring (bicyclic) bond motifs is 5. The van der Waals surface area contributed by atoms with Crippen LogP contribution in [-0.4, -0.2) is 9.13 Å². The lowest BCUT2D eigenvalue weighted by molar-refractivity contribution is 1.07. The summed E-state index contributed by atoms with van der Waals surface area (Å²) in [6.45, 7) is 6.73. The Morgan fingerprint density at radius 1 is 0.706 bits per heavy atom. The smallest absolute Gasteiger partial charge is 0.0848 e. The summed E-state index contributed by atoms with van der Waals surface area (Å²) >= 11 is 2.44.